The number of fused-ring (bicyclic) bond motifs is 3. The molecular weight excluding hydrogens is 435 g/mol. The molecular formula is C20H15Cl2F2N5O. The molecule has 4 rings (SSSR count). The molecule has 0 unspecified atom stereocenters. The van der Waals surface area contributed by atoms with Crippen LogP contribution in [0.1, 0.15) is 47.5 Å². The first-order valence-corrected chi connectivity index (χ1v) is 9.85. The Hall–Kier alpha value is -2.84. The minimum absolute atomic E-state index is 0.00698. The number of carbonyl (C=O) groups excluding carboxylic acids is 1. The van der Waals surface area contributed by atoms with Crippen LogP contribution < -0.4 is 5.32 Å². The van der Waals surface area contributed by atoms with Gasteiger partial charge in [0.25, 0.3) is 5.91 Å². The van der Waals surface area contributed by atoms with Crippen molar-refractivity contribution >= 4 is 34.8 Å². The Morgan fingerprint density at radius 1 is 1.17 bits per heavy atom. The van der Waals surface area contributed by atoms with Crippen molar-refractivity contribution in [3.63, 3.8) is 0 Å². The number of rotatable bonds is 3. The molecule has 0 radical (unpaired) electrons. The topological polar surface area (TPSA) is 72.2 Å². The van der Waals surface area contributed by atoms with E-state index in [9.17, 15) is 13.6 Å². The van der Waals surface area contributed by atoms with Crippen molar-refractivity contribution in [3.05, 3.63) is 74.8 Å². The summed E-state index contributed by atoms with van der Waals surface area (Å²) in [4.78, 5) is 21.0. The SMILES string of the molecule is CCNC(=O)c1nc2n(n1)-c1ccc(Cl)c(Cl)c1C(c1c(F)cccc1F)=N[C@H]2C. The minimum Gasteiger partial charge on any atom is -0.350 e. The van der Waals surface area contributed by atoms with E-state index in [2.05, 4.69) is 20.4 Å². The van der Waals surface area contributed by atoms with Crippen LogP contribution in [-0.4, -0.2) is 32.9 Å². The number of halogens is 4. The summed E-state index contributed by atoms with van der Waals surface area (Å²) in [6, 6.07) is 5.98. The van der Waals surface area contributed by atoms with E-state index in [1.54, 1.807) is 19.9 Å². The second kappa shape index (κ2) is 7.77. The van der Waals surface area contributed by atoms with Crippen molar-refractivity contribution < 1.29 is 13.6 Å². The Kier molecular flexibility index (Phi) is 5.29. The fraction of sp³-hybridized carbons (Fsp3) is 0.200. The third kappa shape index (κ3) is 3.26. The second-order valence-corrected chi connectivity index (χ2v) is 7.36. The van der Waals surface area contributed by atoms with E-state index in [1.165, 1.54) is 16.8 Å². The number of amides is 1. The van der Waals surface area contributed by atoms with Gasteiger partial charge in [-0.25, -0.2) is 18.4 Å². The van der Waals surface area contributed by atoms with Crippen LogP contribution in [0.3, 0.4) is 0 Å². The van der Waals surface area contributed by atoms with Crippen molar-refractivity contribution in [2.24, 2.45) is 4.99 Å². The maximum Gasteiger partial charge on any atom is 0.290 e. The summed E-state index contributed by atoms with van der Waals surface area (Å²) >= 11 is 12.7. The van der Waals surface area contributed by atoms with Crippen molar-refractivity contribution in [2.45, 2.75) is 19.9 Å². The maximum atomic E-state index is 14.6. The molecule has 1 aliphatic heterocycles. The van der Waals surface area contributed by atoms with Crippen molar-refractivity contribution in [3.8, 4) is 5.69 Å². The van der Waals surface area contributed by atoms with Gasteiger partial charge < -0.3 is 5.32 Å². The van der Waals surface area contributed by atoms with Gasteiger partial charge in [-0.15, -0.1) is 5.10 Å². The highest BCUT2D eigenvalue weighted by atomic mass is 35.5. The van der Waals surface area contributed by atoms with Gasteiger partial charge in [0.15, 0.2) is 5.82 Å². The Balaban J connectivity index is 2.03. The molecule has 30 heavy (non-hydrogen) atoms. The first-order chi connectivity index (χ1) is 14.3. The molecule has 154 valence electrons. The zero-order valence-electron chi connectivity index (χ0n) is 15.9. The lowest BCUT2D eigenvalue weighted by Gasteiger charge is -2.14. The minimum atomic E-state index is -0.793. The predicted octanol–water partition coefficient (Wildman–Crippen LogP) is 4.51. The highest BCUT2D eigenvalue weighted by Crippen LogP contribution is 2.37. The molecule has 0 aliphatic carbocycles. The molecule has 1 amide bonds. The summed E-state index contributed by atoms with van der Waals surface area (Å²) in [6.07, 6.45) is 0. The maximum absolute atomic E-state index is 14.6. The monoisotopic (exact) mass is 449 g/mol. The van der Waals surface area contributed by atoms with E-state index in [0.717, 1.165) is 12.1 Å². The zero-order valence-corrected chi connectivity index (χ0v) is 17.4. The molecule has 1 N–H and O–H groups in total. The normalized spacial score (nSPS) is 15.1. The number of aliphatic imine (C=N–C) groups is 1. The number of nitrogens with one attached hydrogen (secondary N) is 1. The summed E-state index contributed by atoms with van der Waals surface area (Å²) in [5, 5.41) is 7.17. The number of hydrogen-bond acceptors (Lipinski definition) is 4. The van der Waals surface area contributed by atoms with E-state index in [0.29, 0.717) is 18.1 Å². The van der Waals surface area contributed by atoms with Crippen LogP contribution in [0.5, 0.6) is 0 Å². The molecule has 0 bridgehead atoms. The Morgan fingerprint density at radius 3 is 2.53 bits per heavy atom. The lowest BCUT2D eigenvalue weighted by atomic mass is 9.99. The molecule has 2 heterocycles. The van der Waals surface area contributed by atoms with Crippen molar-refractivity contribution in [1.29, 1.82) is 0 Å². The van der Waals surface area contributed by atoms with Gasteiger partial charge in [0.1, 0.15) is 17.7 Å². The van der Waals surface area contributed by atoms with Gasteiger partial charge in [0.2, 0.25) is 5.82 Å². The van der Waals surface area contributed by atoms with Gasteiger partial charge in [-0.3, -0.25) is 9.79 Å². The third-order valence-electron chi connectivity index (χ3n) is 4.61. The number of aromatic nitrogens is 3. The van der Waals surface area contributed by atoms with Crippen LogP contribution in [0.15, 0.2) is 35.3 Å². The molecule has 6 nitrogen and oxygen atoms in total. The average molecular weight is 450 g/mol. The van der Waals surface area contributed by atoms with Crippen LogP contribution in [0.2, 0.25) is 10.0 Å². The van der Waals surface area contributed by atoms with Crippen LogP contribution in [-0.2, 0) is 0 Å². The van der Waals surface area contributed by atoms with E-state index < -0.39 is 23.6 Å². The smallest absolute Gasteiger partial charge is 0.290 e. The molecule has 0 fully saturated rings. The fourth-order valence-corrected chi connectivity index (χ4v) is 3.69. The first kappa shape index (κ1) is 20.4. The zero-order chi connectivity index (χ0) is 21.6. The number of benzene rings is 2. The Labute approximate surface area is 180 Å². The molecule has 10 heteroatoms. The fourth-order valence-electron chi connectivity index (χ4n) is 3.28. The lowest BCUT2D eigenvalue weighted by Crippen LogP contribution is -2.24. The Morgan fingerprint density at radius 2 is 1.87 bits per heavy atom. The van der Waals surface area contributed by atoms with Crippen LogP contribution in [0.4, 0.5) is 8.78 Å². The predicted molar refractivity (Wildman–Crippen MR) is 110 cm³/mol. The Bertz CT molecular complexity index is 1190. The quantitative estimate of drug-likeness (QED) is 0.638. The van der Waals surface area contributed by atoms with Gasteiger partial charge in [0.05, 0.1) is 27.0 Å². The molecule has 0 saturated heterocycles. The average Bonchev–Trinajstić information content (AvgIpc) is 3.10. The summed E-state index contributed by atoms with van der Waals surface area (Å²) in [5.41, 5.74) is 0.219. The summed E-state index contributed by atoms with van der Waals surface area (Å²) in [5.74, 6) is -1.76. The third-order valence-corrected chi connectivity index (χ3v) is 5.41. The molecule has 0 spiro atoms. The van der Waals surface area contributed by atoms with E-state index in [-0.39, 0.29) is 32.7 Å². The molecule has 1 aliphatic rings. The first-order valence-electron chi connectivity index (χ1n) is 9.09. The molecule has 1 atom stereocenters. The molecule has 0 saturated carbocycles. The molecule has 1 aromatic heterocycles. The standard InChI is InChI=1S/C20H15Cl2F2N5O/c1-3-25-20(30)18-27-19-9(2)26-17(14-11(23)5-4-6-12(14)24)15-13(29(19)28-18)8-7-10(21)16(15)22/h4-9H,3H2,1-2H3,(H,25,30)/t9-/m0/s1. The number of nitrogens with zero attached hydrogens (tertiary/aromatic N) is 4. The lowest BCUT2D eigenvalue weighted by molar-refractivity contribution is 0.0945. The van der Waals surface area contributed by atoms with E-state index >= 15 is 0 Å². The van der Waals surface area contributed by atoms with Crippen LogP contribution >= 0.6 is 23.2 Å². The van der Waals surface area contributed by atoms with Gasteiger partial charge in [-0.1, -0.05) is 29.3 Å². The summed E-state index contributed by atoms with van der Waals surface area (Å²) in [7, 11) is 0. The highest BCUT2D eigenvalue weighted by molar-refractivity contribution is 6.45. The van der Waals surface area contributed by atoms with E-state index in [1.807, 2.05) is 0 Å². The van der Waals surface area contributed by atoms with Crippen molar-refractivity contribution in [2.75, 3.05) is 6.54 Å². The number of hydrogen-bond donors (Lipinski definition) is 1. The number of carbonyl (C=O) groups is 1. The van der Waals surface area contributed by atoms with E-state index in [4.69, 9.17) is 23.2 Å². The van der Waals surface area contributed by atoms with Crippen molar-refractivity contribution in [1.82, 2.24) is 20.1 Å². The van der Waals surface area contributed by atoms with Gasteiger partial charge in [-0.2, -0.15) is 0 Å². The van der Waals surface area contributed by atoms with Gasteiger partial charge in [0, 0.05) is 12.1 Å². The molecule has 2 aromatic carbocycles. The van der Waals surface area contributed by atoms with Crippen LogP contribution in [0, 0.1) is 11.6 Å². The summed E-state index contributed by atoms with van der Waals surface area (Å²) in [6.45, 7) is 3.87. The highest BCUT2D eigenvalue weighted by Gasteiger charge is 2.31. The van der Waals surface area contributed by atoms with Gasteiger partial charge >= 0.3 is 0 Å². The largest absolute Gasteiger partial charge is 0.350 e. The van der Waals surface area contributed by atoms with Gasteiger partial charge in [-0.05, 0) is 38.1 Å². The summed E-state index contributed by atoms with van der Waals surface area (Å²) < 4.78 is 30.7. The molecule has 3 aromatic rings. The second-order valence-electron chi connectivity index (χ2n) is 6.57. The van der Waals surface area contributed by atoms with Crippen LogP contribution in [0.25, 0.3) is 5.69 Å².